The van der Waals surface area contributed by atoms with Crippen LogP contribution in [0.2, 0.25) is 0 Å². The molecule has 0 rings (SSSR count). The Labute approximate surface area is 87.8 Å². The second kappa shape index (κ2) is 6.14. The molecule has 0 unspecified atom stereocenters. The standard InChI is InChI=1S/C9H18O6/c1-4(2)6(12)8(14)9(15)7(13)5(11)3-10/h4-5,7-11,13-15H,3H2,1-2H3/t5-,7+,8+,9+/m1/s1. The van der Waals surface area contributed by atoms with E-state index in [2.05, 4.69) is 0 Å². The minimum Gasteiger partial charge on any atom is -0.394 e. The first-order chi connectivity index (χ1) is 6.82. The molecule has 0 aliphatic heterocycles. The van der Waals surface area contributed by atoms with Gasteiger partial charge in [0.25, 0.3) is 0 Å². The number of carbonyl (C=O) groups excluding carboxylic acids is 1. The minimum absolute atomic E-state index is 0.492. The predicted octanol–water partition coefficient (Wildman–Crippen LogP) is -2.35. The highest BCUT2D eigenvalue weighted by molar-refractivity contribution is 5.85. The summed E-state index contributed by atoms with van der Waals surface area (Å²) in [4.78, 5) is 11.2. The number of hydrogen-bond donors (Lipinski definition) is 5. The van der Waals surface area contributed by atoms with Gasteiger partial charge in [0.15, 0.2) is 5.78 Å². The van der Waals surface area contributed by atoms with Crippen molar-refractivity contribution in [3.63, 3.8) is 0 Å². The molecule has 0 saturated carbocycles. The van der Waals surface area contributed by atoms with E-state index in [0.29, 0.717) is 0 Å². The topological polar surface area (TPSA) is 118 Å². The van der Waals surface area contributed by atoms with Crippen molar-refractivity contribution in [2.45, 2.75) is 38.3 Å². The number of carbonyl (C=O) groups is 1. The lowest BCUT2D eigenvalue weighted by Gasteiger charge is -2.25. The highest BCUT2D eigenvalue weighted by Gasteiger charge is 2.34. The number of Topliss-reactive ketones (excluding diaryl/α,β-unsaturated/α-hetero) is 1. The van der Waals surface area contributed by atoms with Crippen molar-refractivity contribution in [2.24, 2.45) is 5.92 Å². The van der Waals surface area contributed by atoms with Gasteiger partial charge in [-0.05, 0) is 0 Å². The molecule has 90 valence electrons. The van der Waals surface area contributed by atoms with Crippen LogP contribution < -0.4 is 0 Å². The second-order valence-corrected chi connectivity index (χ2v) is 3.73. The second-order valence-electron chi connectivity index (χ2n) is 3.73. The fourth-order valence-electron chi connectivity index (χ4n) is 1.03. The molecule has 0 heterocycles. The van der Waals surface area contributed by atoms with E-state index >= 15 is 0 Å². The van der Waals surface area contributed by atoms with E-state index in [-0.39, 0.29) is 0 Å². The zero-order valence-electron chi connectivity index (χ0n) is 8.74. The van der Waals surface area contributed by atoms with E-state index in [4.69, 9.17) is 10.2 Å². The average Bonchev–Trinajstić information content (AvgIpc) is 2.23. The molecule has 5 N–H and O–H groups in total. The van der Waals surface area contributed by atoms with Gasteiger partial charge in [0.05, 0.1) is 6.61 Å². The smallest absolute Gasteiger partial charge is 0.166 e. The molecule has 0 spiro atoms. The first kappa shape index (κ1) is 14.5. The lowest BCUT2D eigenvalue weighted by Crippen LogP contribution is -2.49. The number of ketones is 1. The molecule has 0 radical (unpaired) electrons. The third kappa shape index (κ3) is 3.84. The van der Waals surface area contributed by atoms with Gasteiger partial charge >= 0.3 is 0 Å². The quantitative estimate of drug-likeness (QED) is 0.343. The van der Waals surface area contributed by atoms with Gasteiger partial charge in [-0.15, -0.1) is 0 Å². The summed E-state index contributed by atoms with van der Waals surface area (Å²) in [5, 5.41) is 45.3. The Morgan fingerprint density at radius 1 is 1.07 bits per heavy atom. The van der Waals surface area contributed by atoms with Crippen molar-refractivity contribution >= 4 is 5.78 Å². The SMILES string of the molecule is CC(C)C(=O)[C@H](O)[C@@H](O)[C@@H](O)[C@H](O)CO. The molecule has 0 bridgehead atoms. The molecule has 0 aromatic rings. The Bertz CT molecular complexity index is 205. The number of aliphatic hydroxyl groups is 5. The maximum absolute atomic E-state index is 11.2. The highest BCUT2D eigenvalue weighted by atomic mass is 16.4. The average molecular weight is 222 g/mol. The molecule has 0 aliphatic rings. The molecular formula is C9H18O6. The number of aliphatic hydroxyl groups excluding tert-OH is 5. The first-order valence-corrected chi connectivity index (χ1v) is 4.69. The summed E-state index contributed by atoms with van der Waals surface area (Å²) in [6.45, 7) is 2.31. The first-order valence-electron chi connectivity index (χ1n) is 4.69. The summed E-state index contributed by atoms with van der Waals surface area (Å²) < 4.78 is 0. The van der Waals surface area contributed by atoms with Crippen LogP contribution >= 0.6 is 0 Å². The molecule has 0 amide bonds. The van der Waals surface area contributed by atoms with Crippen LogP contribution in [0.3, 0.4) is 0 Å². The molecule has 0 aromatic heterocycles. The van der Waals surface area contributed by atoms with Gasteiger partial charge in [-0.1, -0.05) is 13.8 Å². The van der Waals surface area contributed by atoms with E-state index in [1.807, 2.05) is 0 Å². The van der Waals surface area contributed by atoms with Gasteiger partial charge in [0.1, 0.15) is 24.4 Å². The largest absolute Gasteiger partial charge is 0.394 e. The fraction of sp³-hybridized carbons (Fsp3) is 0.889. The van der Waals surface area contributed by atoms with Crippen LogP contribution in [0.5, 0.6) is 0 Å². The van der Waals surface area contributed by atoms with E-state index in [1.54, 1.807) is 0 Å². The minimum atomic E-state index is -1.80. The van der Waals surface area contributed by atoms with Crippen LogP contribution in [0.25, 0.3) is 0 Å². The van der Waals surface area contributed by atoms with E-state index in [9.17, 15) is 20.1 Å². The van der Waals surface area contributed by atoms with E-state index < -0.39 is 42.7 Å². The summed E-state index contributed by atoms with van der Waals surface area (Å²) in [7, 11) is 0. The molecule has 4 atom stereocenters. The molecule has 15 heavy (non-hydrogen) atoms. The summed E-state index contributed by atoms with van der Waals surface area (Å²) in [5.41, 5.74) is 0. The Kier molecular flexibility index (Phi) is 5.92. The Morgan fingerprint density at radius 3 is 1.87 bits per heavy atom. The number of hydrogen-bond acceptors (Lipinski definition) is 6. The Balaban J connectivity index is 4.43. The Hall–Kier alpha value is -0.530. The van der Waals surface area contributed by atoms with Crippen LogP contribution in [0, 0.1) is 5.92 Å². The van der Waals surface area contributed by atoms with Crippen molar-refractivity contribution in [3.05, 3.63) is 0 Å². The molecule has 6 heteroatoms. The predicted molar refractivity (Wildman–Crippen MR) is 51.0 cm³/mol. The van der Waals surface area contributed by atoms with Crippen LogP contribution in [0.4, 0.5) is 0 Å². The third-order valence-corrected chi connectivity index (χ3v) is 2.12. The van der Waals surface area contributed by atoms with Crippen LogP contribution in [-0.4, -0.2) is 62.3 Å². The van der Waals surface area contributed by atoms with Gasteiger partial charge in [-0.25, -0.2) is 0 Å². The normalized spacial score (nSPS) is 19.7. The van der Waals surface area contributed by atoms with Gasteiger partial charge < -0.3 is 25.5 Å². The van der Waals surface area contributed by atoms with Gasteiger partial charge in [0.2, 0.25) is 0 Å². The molecule has 0 saturated heterocycles. The molecular weight excluding hydrogens is 204 g/mol. The van der Waals surface area contributed by atoms with Crippen molar-refractivity contribution in [1.29, 1.82) is 0 Å². The fourth-order valence-corrected chi connectivity index (χ4v) is 1.03. The van der Waals surface area contributed by atoms with Gasteiger partial charge in [0, 0.05) is 5.92 Å². The highest BCUT2D eigenvalue weighted by Crippen LogP contribution is 2.09. The monoisotopic (exact) mass is 222 g/mol. The zero-order chi connectivity index (χ0) is 12.2. The van der Waals surface area contributed by atoms with Crippen LogP contribution in [0.15, 0.2) is 0 Å². The molecule has 6 nitrogen and oxygen atoms in total. The third-order valence-electron chi connectivity index (χ3n) is 2.12. The van der Waals surface area contributed by atoms with Crippen LogP contribution in [-0.2, 0) is 4.79 Å². The maximum Gasteiger partial charge on any atom is 0.166 e. The van der Waals surface area contributed by atoms with E-state index in [0.717, 1.165) is 0 Å². The molecule has 0 aliphatic carbocycles. The van der Waals surface area contributed by atoms with Gasteiger partial charge in [-0.3, -0.25) is 4.79 Å². The zero-order valence-corrected chi connectivity index (χ0v) is 8.74. The summed E-state index contributed by atoms with van der Waals surface area (Å²) in [6.07, 6.45) is -6.91. The molecule has 0 fully saturated rings. The van der Waals surface area contributed by atoms with Crippen molar-refractivity contribution < 1.29 is 30.3 Å². The van der Waals surface area contributed by atoms with Crippen molar-refractivity contribution in [3.8, 4) is 0 Å². The lowest BCUT2D eigenvalue weighted by molar-refractivity contribution is -0.149. The van der Waals surface area contributed by atoms with Gasteiger partial charge in [-0.2, -0.15) is 0 Å². The van der Waals surface area contributed by atoms with E-state index in [1.165, 1.54) is 13.8 Å². The van der Waals surface area contributed by atoms with Crippen LogP contribution in [0.1, 0.15) is 13.8 Å². The Morgan fingerprint density at radius 2 is 1.53 bits per heavy atom. The van der Waals surface area contributed by atoms with Crippen molar-refractivity contribution in [1.82, 2.24) is 0 Å². The van der Waals surface area contributed by atoms with Crippen molar-refractivity contribution in [2.75, 3.05) is 6.61 Å². The maximum atomic E-state index is 11.2. The summed E-state index contributed by atoms with van der Waals surface area (Å²) in [6, 6.07) is 0. The summed E-state index contributed by atoms with van der Waals surface area (Å²) in [5.74, 6) is -1.13. The molecule has 0 aromatic carbocycles. The summed E-state index contributed by atoms with van der Waals surface area (Å²) >= 11 is 0. The lowest BCUT2D eigenvalue weighted by atomic mass is 9.95. The number of rotatable bonds is 6.